The number of amides is 2. The molecule has 2 heterocycles. The maximum absolute atomic E-state index is 11.7. The molecule has 2 aliphatic rings. The van der Waals surface area contributed by atoms with Gasteiger partial charge in [0.1, 0.15) is 13.2 Å². The van der Waals surface area contributed by atoms with Crippen LogP contribution in [0.2, 0.25) is 0 Å². The second-order valence-corrected chi connectivity index (χ2v) is 4.82. The van der Waals surface area contributed by atoms with Gasteiger partial charge in [0.2, 0.25) is 12.2 Å². The predicted octanol–water partition coefficient (Wildman–Crippen LogP) is -0.932. The summed E-state index contributed by atoms with van der Waals surface area (Å²) in [6.45, 7) is 1.79. The fraction of sp³-hybridized carbons (Fsp3) is 0.667. The SMILES string of the molecule is CC(CCNC(=O)C1COC(=O)O1)NC(=O)C1COC(=O)O1. The highest BCUT2D eigenvalue weighted by Crippen LogP contribution is 2.07. The summed E-state index contributed by atoms with van der Waals surface area (Å²) in [4.78, 5) is 44.7. The number of carbonyl (C=O) groups excluding carboxylic acids is 4. The molecule has 0 radical (unpaired) electrons. The van der Waals surface area contributed by atoms with Crippen molar-refractivity contribution in [1.82, 2.24) is 10.6 Å². The third-order valence-electron chi connectivity index (χ3n) is 3.03. The van der Waals surface area contributed by atoms with Crippen LogP contribution in [0.5, 0.6) is 0 Å². The summed E-state index contributed by atoms with van der Waals surface area (Å²) < 4.78 is 18.3. The van der Waals surface area contributed by atoms with Crippen LogP contribution < -0.4 is 10.6 Å². The molecule has 2 amide bonds. The van der Waals surface area contributed by atoms with E-state index in [0.717, 1.165) is 0 Å². The van der Waals surface area contributed by atoms with Gasteiger partial charge in [0, 0.05) is 12.6 Å². The van der Waals surface area contributed by atoms with E-state index in [4.69, 9.17) is 0 Å². The quantitative estimate of drug-likeness (QED) is 0.601. The monoisotopic (exact) mass is 316 g/mol. The molecule has 2 fully saturated rings. The Morgan fingerprint density at radius 1 is 1.09 bits per heavy atom. The first-order valence-electron chi connectivity index (χ1n) is 6.70. The molecular formula is C12H16N2O8. The Morgan fingerprint density at radius 2 is 1.64 bits per heavy atom. The van der Waals surface area contributed by atoms with Gasteiger partial charge in [0.05, 0.1) is 0 Å². The Kier molecular flexibility index (Phi) is 5.02. The summed E-state index contributed by atoms with van der Waals surface area (Å²) in [6.07, 6.45) is -3.17. The van der Waals surface area contributed by atoms with Gasteiger partial charge < -0.3 is 29.6 Å². The number of ether oxygens (including phenoxy) is 4. The second-order valence-electron chi connectivity index (χ2n) is 4.82. The number of hydrogen-bond donors (Lipinski definition) is 2. The molecule has 2 rings (SSSR count). The lowest BCUT2D eigenvalue weighted by molar-refractivity contribution is -0.128. The van der Waals surface area contributed by atoms with Crippen molar-refractivity contribution in [2.75, 3.05) is 19.8 Å². The normalized spacial score (nSPS) is 24.6. The summed E-state index contributed by atoms with van der Waals surface area (Å²) >= 11 is 0. The van der Waals surface area contributed by atoms with Gasteiger partial charge in [-0.25, -0.2) is 9.59 Å². The predicted molar refractivity (Wildman–Crippen MR) is 67.7 cm³/mol. The largest absolute Gasteiger partial charge is 0.509 e. The molecule has 0 bridgehead atoms. The average Bonchev–Trinajstić information content (AvgIpc) is 3.07. The average molecular weight is 316 g/mol. The van der Waals surface area contributed by atoms with E-state index in [0.29, 0.717) is 6.42 Å². The van der Waals surface area contributed by atoms with Crippen molar-refractivity contribution in [1.29, 1.82) is 0 Å². The van der Waals surface area contributed by atoms with Crippen LogP contribution in [-0.4, -0.2) is 62.1 Å². The van der Waals surface area contributed by atoms with E-state index < -0.39 is 36.3 Å². The molecule has 10 heteroatoms. The molecule has 2 aliphatic heterocycles. The minimum Gasteiger partial charge on any atom is -0.430 e. The molecule has 0 saturated carbocycles. The zero-order chi connectivity index (χ0) is 16.1. The van der Waals surface area contributed by atoms with Crippen LogP contribution in [0.1, 0.15) is 13.3 Å². The molecule has 0 aromatic carbocycles. The van der Waals surface area contributed by atoms with Gasteiger partial charge in [-0.05, 0) is 13.3 Å². The fourth-order valence-electron chi connectivity index (χ4n) is 1.85. The molecule has 3 atom stereocenters. The summed E-state index contributed by atoms with van der Waals surface area (Å²) in [7, 11) is 0. The molecule has 0 aliphatic carbocycles. The van der Waals surface area contributed by atoms with E-state index in [1.807, 2.05) is 0 Å². The van der Waals surface area contributed by atoms with Crippen molar-refractivity contribution in [3.8, 4) is 0 Å². The second kappa shape index (κ2) is 6.96. The summed E-state index contributed by atoms with van der Waals surface area (Å²) in [5.74, 6) is -0.912. The van der Waals surface area contributed by atoms with Crippen LogP contribution in [0, 0.1) is 0 Å². The highest BCUT2D eigenvalue weighted by Gasteiger charge is 2.33. The van der Waals surface area contributed by atoms with Crippen LogP contribution in [0.4, 0.5) is 9.59 Å². The van der Waals surface area contributed by atoms with Crippen LogP contribution >= 0.6 is 0 Å². The minimum absolute atomic E-state index is 0.107. The van der Waals surface area contributed by atoms with Crippen LogP contribution in [-0.2, 0) is 28.5 Å². The number of nitrogens with one attached hydrogen (secondary N) is 2. The fourth-order valence-corrected chi connectivity index (χ4v) is 1.85. The van der Waals surface area contributed by atoms with E-state index >= 15 is 0 Å². The first-order valence-corrected chi connectivity index (χ1v) is 6.70. The van der Waals surface area contributed by atoms with Gasteiger partial charge in [-0.15, -0.1) is 0 Å². The van der Waals surface area contributed by atoms with Crippen molar-refractivity contribution < 1.29 is 38.1 Å². The number of hydrogen-bond acceptors (Lipinski definition) is 8. The standard InChI is InChI=1S/C12H16N2O8/c1-6(14-10(16)8-5-20-12(18)22-8)2-3-13-9(15)7-4-19-11(17)21-7/h6-8H,2-5H2,1H3,(H,13,15)(H,14,16). The Morgan fingerprint density at radius 3 is 2.14 bits per heavy atom. The van der Waals surface area contributed by atoms with E-state index in [2.05, 4.69) is 29.6 Å². The van der Waals surface area contributed by atoms with E-state index in [-0.39, 0.29) is 25.8 Å². The number of cyclic esters (lactones) is 4. The Labute approximate surface area is 125 Å². The third kappa shape index (κ3) is 4.24. The molecule has 122 valence electrons. The Hall–Kier alpha value is -2.52. The van der Waals surface area contributed by atoms with Crippen molar-refractivity contribution in [3.05, 3.63) is 0 Å². The maximum Gasteiger partial charge on any atom is 0.509 e. The van der Waals surface area contributed by atoms with Gasteiger partial charge in [-0.2, -0.15) is 0 Å². The van der Waals surface area contributed by atoms with Crippen LogP contribution in [0.25, 0.3) is 0 Å². The lowest BCUT2D eigenvalue weighted by Gasteiger charge is -2.16. The highest BCUT2D eigenvalue weighted by molar-refractivity contribution is 5.85. The smallest absolute Gasteiger partial charge is 0.430 e. The molecule has 10 nitrogen and oxygen atoms in total. The van der Waals surface area contributed by atoms with Crippen molar-refractivity contribution in [3.63, 3.8) is 0 Å². The number of carbonyl (C=O) groups is 4. The molecule has 2 saturated heterocycles. The topological polar surface area (TPSA) is 129 Å². The molecular weight excluding hydrogens is 300 g/mol. The van der Waals surface area contributed by atoms with Gasteiger partial charge in [0.25, 0.3) is 11.8 Å². The molecule has 0 spiro atoms. The summed E-state index contributed by atoms with van der Waals surface area (Å²) in [6, 6.07) is -0.255. The van der Waals surface area contributed by atoms with Crippen molar-refractivity contribution in [2.45, 2.75) is 31.6 Å². The summed E-state index contributed by atoms with van der Waals surface area (Å²) in [5.41, 5.74) is 0. The summed E-state index contributed by atoms with van der Waals surface area (Å²) in [5, 5.41) is 5.20. The Bertz CT molecular complexity index is 480. The van der Waals surface area contributed by atoms with Gasteiger partial charge in [-0.3, -0.25) is 9.59 Å². The third-order valence-corrected chi connectivity index (χ3v) is 3.03. The molecule has 3 unspecified atom stereocenters. The highest BCUT2D eigenvalue weighted by atomic mass is 16.8. The molecule has 2 N–H and O–H groups in total. The first kappa shape index (κ1) is 15.9. The molecule has 0 aromatic heterocycles. The first-order chi connectivity index (χ1) is 10.5. The Balaban J connectivity index is 1.62. The maximum atomic E-state index is 11.7. The van der Waals surface area contributed by atoms with Crippen molar-refractivity contribution in [2.24, 2.45) is 0 Å². The van der Waals surface area contributed by atoms with Gasteiger partial charge >= 0.3 is 12.3 Å². The van der Waals surface area contributed by atoms with Gasteiger partial charge in [-0.1, -0.05) is 0 Å². The minimum atomic E-state index is -0.945. The zero-order valence-corrected chi connectivity index (χ0v) is 11.8. The van der Waals surface area contributed by atoms with Gasteiger partial charge in [0.15, 0.2) is 0 Å². The van der Waals surface area contributed by atoms with E-state index in [1.165, 1.54) is 0 Å². The zero-order valence-electron chi connectivity index (χ0n) is 11.8. The number of rotatable bonds is 6. The lowest BCUT2D eigenvalue weighted by atomic mass is 10.2. The van der Waals surface area contributed by atoms with Crippen molar-refractivity contribution >= 4 is 24.1 Å². The van der Waals surface area contributed by atoms with E-state index in [1.54, 1.807) is 6.92 Å². The molecule has 0 aromatic rings. The van der Waals surface area contributed by atoms with E-state index in [9.17, 15) is 19.2 Å². The van der Waals surface area contributed by atoms with Crippen LogP contribution in [0.15, 0.2) is 0 Å². The molecule has 22 heavy (non-hydrogen) atoms. The van der Waals surface area contributed by atoms with Crippen LogP contribution in [0.3, 0.4) is 0 Å². The lowest BCUT2D eigenvalue weighted by Crippen LogP contribution is -2.43.